The zero-order chi connectivity index (χ0) is 20.4. The number of benzene rings is 2. The predicted molar refractivity (Wildman–Crippen MR) is 113 cm³/mol. The van der Waals surface area contributed by atoms with Crippen LogP contribution >= 0.6 is 0 Å². The summed E-state index contributed by atoms with van der Waals surface area (Å²) in [5.41, 5.74) is 1.63. The predicted octanol–water partition coefficient (Wildman–Crippen LogP) is 5.04. The number of rotatable bonds is 10. The van der Waals surface area contributed by atoms with Crippen molar-refractivity contribution in [2.45, 2.75) is 52.5 Å². The van der Waals surface area contributed by atoms with E-state index >= 15 is 0 Å². The minimum Gasteiger partial charge on any atom is -0.494 e. The van der Waals surface area contributed by atoms with Crippen molar-refractivity contribution in [2.24, 2.45) is 0 Å². The summed E-state index contributed by atoms with van der Waals surface area (Å²) in [7, 11) is 0. The fraction of sp³-hybridized carbons (Fsp3) is 0.391. The van der Waals surface area contributed by atoms with Crippen molar-refractivity contribution >= 4 is 17.5 Å². The van der Waals surface area contributed by atoms with E-state index in [1.165, 1.54) is 19.3 Å². The van der Waals surface area contributed by atoms with Gasteiger partial charge in [-0.25, -0.2) is 0 Å². The van der Waals surface area contributed by atoms with Gasteiger partial charge in [0.1, 0.15) is 5.75 Å². The van der Waals surface area contributed by atoms with E-state index in [4.69, 9.17) is 4.74 Å². The number of ether oxygens (including phenoxy) is 1. The lowest BCUT2D eigenvalue weighted by atomic mass is 10.1. The molecule has 0 atom stereocenters. The third-order valence-corrected chi connectivity index (χ3v) is 4.19. The van der Waals surface area contributed by atoms with Gasteiger partial charge in [0.15, 0.2) is 0 Å². The first-order valence-electron chi connectivity index (χ1n) is 9.94. The van der Waals surface area contributed by atoms with Gasteiger partial charge < -0.3 is 15.4 Å². The number of anilines is 1. The van der Waals surface area contributed by atoms with Crippen molar-refractivity contribution in [3.05, 3.63) is 59.7 Å². The second kappa shape index (κ2) is 11.1. The number of hydrogen-bond acceptors (Lipinski definition) is 3. The average molecular weight is 383 g/mol. The summed E-state index contributed by atoms with van der Waals surface area (Å²) in [5, 5.41) is 5.67. The van der Waals surface area contributed by atoms with Crippen molar-refractivity contribution in [1.29, 1.82) is 0 Å². The summed E-state index contributed by atoms with van der Waals surface area (Å²) in [6, 6.07) is 14.1. The highest BCUT2D eigenvalue weighted by Crippen LogP contribution is 2.16. The van der Waals surface area contributed by atoms with E-state index in [0.717, 1.165) is 12.2 Å². The lowest BCUT2D eigenvalue weighted by molar-refractivity contribution is 0.0941. The van der Waals surface area contributed by atoms with Crippen LogP contribution in [0.1, 0.15) is 67.2 Å². The van der Waals surface area contributed by atoms with Crippen LogP contribution < -0.4 is 15.4 Å². The number of nitrogens with one attached hydrogen (secondary N) is 2. The van der Waals surface area contributed by atoms with E-state index in [2.05, 4.69) is 17.6 Å². The fourth-order valence-electron chi connectivity index (χ4n) is 2.71. The normalized spacial score (nSPS) is 10.6. The molecule has 5 nitrogen and oxygen atoms in total. The minimum atomic E-state index is -0.226. The summed E-state index contributed by atoms with van der Waals surface area (Å²) in [5.74, 6) is 0.378. The van der Waals surface area contributed by atoms with Crippen LogP contribution in [-0.2, 0) is 0 Å². The molecule has 0 unspecified atom stereocenters. The van der Waals surface area contributed by atoms with Crippen LogP contribution in [-0.4, -0.2) is 24.5 Å². The van der Waals surface area contributed by atoms with Crippen molar-refractivity contribution in [2.75, 3.05) is 11.9 Å². The third kappa shape index (κ3) is 7.06. The largest absolute Gasteiger partial charge is 0.494 e. The molecular weight excluding hydrogens is 352 g/mol. The molecule has 0 aliphatic rings. The molecule has 0 heterocycles. The molecule has 0 radical (unpaired) electrons. The topological polar surface area (TPSA) is 67.4 Å². The van der Waals surface area contributed by atoms with E-state index < -0.39 is 0 Å². The SMILES string of the molecule is CCCCCCOc1ccc(C(=O)Nc2cccc(C(=O)NC(C)C)c2)cc1. The van der Waals surface area contributed by atoms with Gasteiger partial charge in [0.25, 0.3) is 11.8 Å². The Bertz CT molecular complexity index is 770. The number of carbonyl (C=O) groups excluding carboxylic acids is 2. The molecule has 2 amide bonds. The zero-order valence-electron chi connectivity index (χ0n) is 17.0. The first kappa shape index (κ1) is 21.5. The number of hydrogen-bond donors (Lipinski definition) is 2. The quantitative estimate of drug-likeness (QED) is 0.566. The Morgan fingerprint density at radius 2 is 1.68 bits per heavy atom. The molecule has 0 aliphatic heterocycles. The van der Waals surface area contributed by atoms with Crippen molar-refractivity contribution in [1.82, 2.24) is 5.32 Å². The van der Waals surface area contributed by atoms with Crippen LogP contribution in [0.2, 0.25) is 0 Å². The van der Waals surface area contributed by atoms with Crippen LogP contribution in [0.4, 0.5) is 5.69 Å². The maximum atomic E-state index is 12.5. The minimum absolute atomic E-state index is 0.0538. The standard InChI is InChI=1S/C23H30N2O3/c1-4-5-6-7-15-28-21-13-11-18(12-14-21)22(26)25-20-10-8-9-19(16-20)23(27)24-17(2)3/h8-14,16-17H,4-7,15H2,1-3H3,(H,24,27)(H,25,26). The Balaban J connectivity index is 1.91. The molecule has 0 aromatic heterocycles. The third-order valence-electron chi connectivity index (χ3n) is 4.19. The molecule has 28 heavy (non-hydrogen) atoms. The Morgan fingerprint density at radius 3 is 2.36 bits per heavy atom. The molecule has 0 saturated heterocycles. The first-order valence-corrected chi connectivity index (χ1v) is 9.94. The molecule has 5 heteroatoms. The van der Waals surface area contributed by atoms with Crippen molar-refractivity contribution in [3.63, 3.8) is 0 Å². The van der Waals surface area contributed by atoms with Gasteiger partial charge in [-0.2, -0.15) is 0 Å². The Labute approximate surface area is 167 Å². The van der Waals surface area contributed by atoms with Gasteiger partial charge in [0.05, 0.1) is 6.61 Å². The molecule has 0 spiro atoms. The second-order valence-electron chi connectivity index (χ2n) is 7.10. The number of unbranched alkanes of at least 4 members (excludes halogenated alkanes) is 3. The maximum Gasteiger partial charge on any atom is 0.255 e. The van der Waals surface area contributed by atoms with Crippen LogP contribution in [0.5, 0.6) is 5.75 Å². The van der Waals surface area contributed by atoms with E-state index in [0.29, 0.717) is 23.4 Å². The molecule has 0 fully saturated rings. The lowest BCUT2D eigenvalue weighted by Crippen LogP contribution is -2.30. The van der Waals surface area contributed by atoms with Crippen LogP contribution in [0.15, 0.2) is 48.5 Å². The van der Waals surface area contributed by atoms with Crippen molar-refractivity contribution < 1.29 is 14.3 Å². The number of carbonyl (C=O) groups is 2. The van der Waals surface area contributed by atoms with E-state index in [1.807, 2.05) is 13.8 Å². The summed E-state index contributed by atoms with van der Waals surface area (Å²) in [6.07, 6.45) is 4.64. The van der Waals surface area contributed by atoms with Crippen LogP contribution in [0.3, 0.4) is 0 Å². The van der Waals surface area contributed by atoms with Crippen LogP contribution in [0, 0.1) is 0 Å². The smallest absolute Gasteiger partial charge is 0.255 e. The highest BCUT2D eigenvalue weighted by molar-refractivity contribution is 6.05. The van der Waals surface area contributed by atoms with Crippen LogP contribution in [0.25, 0.3) is 0 Å². The van der Waals surface area contributed by atoms with Gasteiger partial charge in [-0.1, -0.05) is 32.3 Å². The summed E-state index contributed by atoms with van der Waals surface area (Å²) in [4.78, 5) is 24.6. The molecule has 2 N–H and O–H groups in total. The van der Waals surface area contributed by atoms with Crippen molar-refractivity contribution in [3.8, 4) is 5.75 Å². The van der Waals surface area contributed by atoms with Gasteiger partial charge in [-0.15, -0.1) is 0 Å². The molecule has 2 aromatic carbocycles. The summed E-state index contributed by atoms with van der Waals surface area (Å²) in [6.45, 7) is 6.68. The molecule has 0 aliphatic carbocycles. The summed E-state index contributed by atoms with van der Waals surface area (Å²) < 4.78 is 5.70. The van der Waals surface area contributed by atoms with E-state index in [1.54, 1.807) is 48.5 Å². The Morgan fingerprint density at radius 1 is 0.929 bits per heavy atom. The first-order chi connectivity index (χ1) is 13.5. The number of amides is 2. The second-order valence-corrected chi connectivity index (χ2v) is 7.10. The highest BCUT2D eigenvalue weighted by atomic mass is 16.5. The molecular formula is C23H30N2O3. The molecule has 2 aromatic rings. The average Bonchev–Trinajstić information content (AvgIpc) is 2.68. The van der Waals surface area contributed by atoms with E-state index in [-0.39, 0.29) is 17.9 Å². The Kier molecular flexibility index (Phi) is 8.53. The molecule has 0 saturated carbocycles. The lowest BCUT2D eigenvalue weighted by Gasteiger charge is -2.11. The van der Waals surface area contributed by atoms with Gasteiger partial charge in [-0.05, 0) is 62.7 Å². The molecule has 2 rings (SSSR count). The Hall–Kier alpha value is -2.82. The van der Waals surface area contributed by atoms with E-state index in [9.17, 15) is 9.59 Å². The molecule has 0 bridgehead atoms. The monoisotopic (exact) mass is 382 g/mol. The van der Waals surface area contributed by atoms with Gasteiger partial charge in [0, 0.05) is 22.9 Å². The fourth-order valence-corrected chi connectivity index (χ4v) is 2.71. The van der Waals surface area contributed by atoms with Gasteiger partial charge in [-0.3, -0.25) is 9.59 Å². The highest BCUT2D eigenvalue weighted by Gasteiger charge is 2.10. The zero-order valence-corrected chi connectivity index (χ0v) is 17.0. The van der Waals surface area contributed by atoms with Gasteiger partial charge >= 0.3 is 0 Å². The van der Waals surface area contributed by atoms with Gasteiger partial charge in [0.2, 0.25) is 0 Å². The summed E-state index contributed by atoms with van der Waals surface area (Å²) >= 11 is 0. The maximum absolute atomic E-state index is 12.5. The molecule has 150 valence electrons.